The van der Waals surface area contributed by atoms with Gasteiger partial charge in [-0.25, -0.2) is 0 Å². The van der Waals surface area contributed by atoms with Crippen LogP contribution in [0.25, 0.3) is 0 Å². The van der Waals surface area contributed by atoms with Crippen LogP contribution < -0.4 is 15.4 Å². The Bertz CT molecular complexity index is 866. The first kappa shape index (κ1) is 18.9. The molecule has 1 aliphatic rings. The second kappa shape index (κ2) is 7.80. The molecule has 0 bridgehead atoms. The van der Waals surface area contributed by atoms with E-state index in [4.69, 9.17) is 10.5 Å². The van der Waals surface area contributed by atoms with E-state index in [0.717, 1.165) is 0 Å². The van der Waals surface area contributed by atoms with Crippen LogP contribution in [-0.2, 0) is 16.1 Å². The molecule has 27 heavy (non-hydrogen) atoms. The second-order valence-corrected chi connectivity index (χ2v) is 7.08. The minimum absolute atomic E-state index is 0.0933. The first-order valence-corrected chi connectivity index (χ1v) is 8.95. The molecule has 0 saturated heterocycles. The highest BCUT2D eigenvalue weighted by Crippen LogP contribution is 2.33. The summed E-state index contributed by atoms with van der Waals surface area (Å²) in [5.74, 6) is -0.173. The molecule has 0 fully saturated rings. The summed E-state index contributed by atoms with van der Waals surface area (Å²) in [6.45, 7) is 5.17. The minimum atomic E-state index is -0.839. The lowest BCUT2D eigenvalue weighted by Gasteiger charge is -2.34. The summed E-state index contributed by atoms with van der Waals surface area (Å²) < 4.78 is 5.62. The standard InChI is InChI=1S/C21H25N3O3/c1-14-8-9-16(15(2)10-14)11-23(3)13-20(25)24-12-19(21(22)26)27-18-7-5-4-6-17(18)24/h4-10,19H,11-13H2,1-3H3,(H2,22,26)/t19-/m0/s1. The van der Waals surface area contributed by atoms with Gasteiger partial charge in [0.15, 0.2) is 6.10 Å². The number of amides is 2. The van der Waals surface area contributed by atoms with Crippen molar-refractivity contribution in [2.45, 2.75) is 26.5 Å². The van der Waals surface area contributed by atoms with Gasteiger partial charge in [-0.05, 0) is 44.2 Å². The molecular formula is C21H25N3O3. The van der Waals surface area contributed by atoms with E-state index >= 15 is 0 Å². The molecule has 6 nitrogen and oxygen atoms in total. The number of nitrogens with two attached hydrogens (primary N) is 1. The Morgan fingerprint density at radius 2 is 1.96 bits per heavy atom. The zero-order valence-corrected chi connectivity index (χ0v) is 15.9. The molecule has 2 amide bonds. The molecule has 0 saturated carbocycles. The first-order valence-electron chi connectivity index (χ1n) is 8.95. The Morgan fingerprint density at radius 1 is 1.22 bits per heavy atom. The lowest BCUT2D eigenvalue weighted by atomic mass is 10.1. The minimum Gasteiger partial charge on any atom is -0.477 e. The molecule has 142 valence electrons. The van der Waals surface area contributed by atoms with Gasteiger partial charge in [-0.15, -0.1) is 0 Å². The number of nitrogens with zero attached hydrogens (tertiary/aromatic N) is 2. The third-order valence-electron chi connectivity index (χ3n) is 4.74. The monoisotopic (exact) mass is 367 g/mol. The normalized spacial score (nSPS) is 16.0. The molecule has 2 aromatic rings. The largest absolute Gasteiger partial charge is 0.477 e. The third kappa shape index (κ3) is 4.28. The molecule has 1 heterocycles. The van der Waals surface area contributed by atoms with Gasteiger partial charge in [0.2, 0.25) is 5.91 Å². The van der Waals surface area contributed by atoms with Gasteiger partial charge in [0, 0.05) is 6.54 Å². The van der Waals surface area contributed by atoms with Crippen molar-refractivity contribution in [1.29, 1.82) is 0 Å². The van der Waals surface area contributed by atoms with Crippen LogP contribution in [0.15, 0.2) is 42.5 Å². The summed E-state index contributed by atoms with van der Waals surface area (Å²) in [4.78, 5) is 28.1. The first-order chi connectivity index (χ1) is 12.8. The van der Waals surface area contributed by atoms with Crippen LogP contribution in [0.4, 0.5) is 5.69 Å². The van der Waals surface area contributed by atoms with Gasteiger partial charge < -0.3 is 15.4 Å². The van der Waals surface area contributed by atoms with Gasteiger partial charge >= 0.3 is 0 Å². The van der Waals surface area contributed by atoms with Crippen LogP contribution >= 0.6 is 0 Å². The molecule has 1 atom stereocenters. The SMILES string of the molecule is Cc1ccc(CN(C)CC(=O)N2C[C@@H](C(N)=O)Oc3ccccc32)c(C)c1. The lowest BCUT2D eigenvalue weighted by Crippen LogP contribution is -2.51. The summed E-state index contributed by atoms with van der Waals surface area (Å²) in [5.41, 5.74) is 9.69. The number of primary amides is 1. The smallest absolute Gasteiger partial charge is 0.260 e. The van der Waals surface area contributed by atoms with Gasteiger partial charge in [0.05, 0.1) is 18.8 Å². The molecule has 0 aromatic heterocycles. The van der Waals surface area contributed by atoms with Crippen molar-refractivity contribution in [3.05, 3.63) is 59.2 Å². The fraction of sp³-hybridized carbons (Fsp3) is 0.333. The average Bonchev–Trinajstić information content (AvgIpc) is 2.63. The zero-order chi connectivity index (χ0) is 19.6. The molecule has 6 heteroatoms. The van der Waals surface area contributed by atoms with Crippen molar-refractivity contribution in [3.63, 3.8) is 0 Å². The maximum atomic E-state index is 12.9. The Balaban J connectivity index is 1.73. The van der Waals surface area contributed by atoms with Gasteiger partial charge in [0.1, 0.15) is 5.75 Å². The number of aryl methyl sites for hydroxylation is 2. The van der Waals surface area contributed by atoms with Crippen LogP contribution in [-0.4, -0.2) is 43.0 Å². The number of likely N-dealkylation sites (N-methyl/N-ethyl adjacent to an activating group) is 1. The van der Waals surface area contributed by atoms with Crippen molar-refractivity contribution in [2.75, 3.05) is 25.0 Å². The van der Waals surface area contributed by atoms with Crippen molar-refractivity contribution in [1.82, 2.24) is 4.90 Å². The topological polar surface area (TPSA) is 75.9 Å². The highest BCUT2D eigenvalue weighted by molar-refractivity contribution is 5.98. The number of para-hydroxylation sites is 2. The second-order valence-electron chi connectivity index (χ2n) is 7.08. The van der Waals surface area contributed by atoms with E-state index in [1.807, 2.05) is 24.1 Å². The molecule has 0 spiro atoms. The zero-order valence-electron chi connectivity index (χ0n) is 15.9. The Labute approximate surface area is 159 Å². The number of fused-ring (bicyclic) bond motifs is 1. The van der Waals surface area contributed by atoms with E-state index in [1.165, 1.54) is 16.7 Å². The summed E-state index contributed by atoms with van der Waals surface area (Å²) in [5, 5.41) is 0. The number of carbonyl (C=O) groups is 2. The van der Waals surface area contributed by atoms with Gasteiger partial charge in [0.25, 0.3) is 5.91 Å². The van der Waals surface area contributed by atoms with Gasteiger partial charge in [-0.3, -0.25) is 14.5 Å². The molecule has 3 rings (SSSR count). The lowest BCUT2D eigenvalue weighted by molar-refractivity contribution is -0.125. The summed E-state index contributed by atoms with van der Waals surface area (Å²) in [7, 11) is 1.91. The molecule has 0 unspecified atom stereocenters. The van der Waals surface area contributed by atoms with E-state index < -0.39 is 12.0 Å². The number of anilines is 1. The van der Waals surface area contributed by atoms with Crippen LogP contribution in [0, 0.1) is 13.8 Å². The highest BCUT2D eigenvalue weighted by atomic mass is 16.5. The van der Waals surface area contributed by atoms with Crippen molar-refractivity contribution < 1.29 is 14.3 Å². The molecular weight excluding hydrogens is 342 g/mol. The number of hydrogen-bond donors (Lipinski definition) is 1. The highest BCUT2D eigenvalue weighted by Gasteiger charge is 2.32. The molecule has 0 aliphatic carbocycles. The van der Waals surface area contributed by atoms with E-state index in [9.17, 15) is 9.59 Å². The number of benzene rings is 2. The van der Waals surface area contributed by atoms with Crippen molar-refractivity contribution >= 4 is 17.5 Å². The number of carbonyl (C=O) groups excluding carboxylic acids is 2. The van der Waals surface area contributed by atoms with E-state index in [1.54, 1.807) is 17.0 Å². The van der Waals surface area contributed by atoms with Crippen molar-refractivity contribution in [3.8, 4) is 5.75 Å². The van der Waals surface area contributed by atoms with Crippen LogP contribution in [0.5, 0.6) is 5.75 Å². The van der Waals surface area contributed by atoms with Gasteiger partial charge in [-0.1, -0.05) is 35.9 Å². The van der Waals surface area contributed by atoms with Crippen LogP contribution in [0.3, 0.4) is 0 Å². The van der Waals surface area contributed by atoms with Crippen LogP contribution in [0.1, 0.15) is 16.7 Å². The molecule has 1 aliphatic heterocycles. The van der Waals surface area contributed by atoms with Crippen molar-refractivity contribution in [2.24, 2.45) is 5.73 Å². The van der Waals surface area contributed by atoms with E-state index in [-0.39, 0.29) is 19.0 Å². The maximum absolute atomic E-state index is 12.9. The number of rotatable bonds is 5. The summed E-state index contributed by atoms with van der Waals surface area (Å²) >= 11 is 0. The Morgan fingerprint density at radius 3 is 2.67 bits per heavy atom. The number of ether oxygens (including phenoxy) is 1. The number of hydrogen-bond acceptors (Lipinski definition) is 4. The summed E-state index contributed by atoms with van der Waals surface area (Å²) in [6, 6.07) is 13.5. The molecule has 0 radical (unpaired) electrons. The van der Waals surface area contributed by atoms with Crippen LogP contribution in [0.2, 0.25) is 0 Å². The maximum Gasteiger partial charge on any atom is 0.260 e. The molecule has 2 aromatic carbocycles. The molecule has 2 N–H and O–H groups in total. The quantitative estimate of drug-likeness (QED) is 0.877. The fourth-order valence-electron chi connectivity index (χ4n) is 3.30. The Hall–Kier alpha value is -2.86. The van der Waals surface area contributed by atoms with E-state index in [0.29, 0.717) is 18.0 Å². The average molecular weight is 367 g/mol. The summed E-state index contributed by atoms with van der Waals surface area (Å²) in [6.07, 6.45) is -0.839. The van der Waals surface area contributed by atoms with Gasteiger partial charge in [-0.2, -0.15) is 0 Å². The fourth-order valence-corrected chi connectivity index (χ4v) is 3.30. The Kier molecular flexibility index (Phi) is 5.46. The predicted octanol–water partition coefficient (Wildman–Crippen LogP) is 2.01. The van der Waals surface area contributed by atoms with E-state index in [2.05, 4.69) is 32.0 Å². The third-order valence-corrected chi connectivity index (χ3v) is 4.74. The predicted molar refractivity (Wildman–Crippen MR) is 105 cm³/mol.